The number of amides is 1. The molecule has 7 nitrogen and oxygen atoms in total. The lowest BCUT2D eigenvalue weighted by Gasteiger charge is -2.27. The highest BCUT2D eigenvalue weighted by atomic mass is 32.2. The predicted molar refractivity (Wildman–Crippen MR) is 73.9 cm³/mol. The summed E-state index contributed by atoms with van der Waals surface area (Å²) in [7, 11) is 0. The summed E-state index contributed by atoms with van der Waals surface area (Å²) in [5.74, 6) is 0.481. The van der Waals surface area contributed by atoms with Crippen molar-refractivity contribution in [1.29, 1.82) is 0 Å². The molecule has 0 aliphatic heterocycles. The van der Waals surface area contributed by atoms with Crippen molar-refractivity contribution in [3.63, 3.8) is 0 Å². The molecule has 0 saturated heterocycles. The van der Waals surface area contributed by atoms with Crippen molar-refractivity contribution in [2.45, 2.75) is 31.1 Å². The van der Waals surface area contributed by atoms with Gasteiger partial charge in [0.25, 0.3) is 0 Å². The summed E-state index contributed by atoms with van der Waals surface area (Å²) in [5, 5.41) is 8.97. The third-order valence-corrected chi connectivity index (χ3v) is 3.14. The third-order valence-electron chi connectivity index (χ3n) is 2.41. The number of nitrogen functional groups attached to an aromatic ring is 1. The van der Waals surface area contributed by atoms with Crippen molar-refractivity contribution in [1.82, 2.24) is 9.97 Å². The number of hydrogen-bond acceptors (Lipinski definition) is 7. The number of aliphatic hydroxyl groups excluding tert-OH is 1. The van der Waals surface area contributed by atoms with Crippen LogP contribution in [-0.2, 0) is 9.53 Å². The first kappa shape index (κ1) is 15.7. The van der Waals surface area contributed by atoms with Crippen LogP contribution in [0.5, 0.6) is 0 Å². The van der Waals surface area contributed by atoms with Gasteiger partial charge in [0.2, 0.25) is 12.4 Å². The molecule has 1 amide bonds. The normalized spacial score (nSPS) is 13.9. The Balaban J connectivity index is 3.02. The smallest absolute Gasteiger partial charge is 0.222 e. The molecule has 1 heterocycles. The van der Waals surface area contributed by atoms with Crippen molar-refractivity contribution < 1.29 is 14.6 Å². The van der Waals surface area contributed by atoms with Gasteiger partial charge in [0.1, 0.15) is 6.23 Å². The first-order valence-corrected chi connectivity index (χ1v) is 6.92. The van der Waals surface area contributed by atoms with Crippen LogP contribution in [0.2, 0.25) is 0 Å². The summed E-state index contributed by atoms with van der Waals surface area (Å²) >= 11 is 1.40. The van der Waals surface area contributed by atoms with Crippen LogP contribution in [0.15, 0.2) is 11.1 Å². The summed E-state index contributed by atoms with van der Waals surface area (Å²) in [6.07, 6.45) is 3.08. The van der Waals surface area contributed by atoms with Crippen molar-refractivity contribution in [3.05, 3.63) is 6.20 Å². The molecule has 8 heteroatoms. The Labute approximate surface area is 116 Å². The molecular formula is C11H18N4O3S. The van der Waals surface area contributed by atoms with E-state index in [2.05, 4.69) is 9.97 Å². The summed E-state index contributed by atoms with van der Waals surface area (Å²) in [4.78, 5) is 21.3. The molecular weight excluding hydrogens is 268 g/mol. The Kier molecular flexibility index (Phi) is 6.00. The Morgan fingerprint density at radius 3 is 2.84 bits per heavy atom. The lowest BCUT2D eigenvalue weighted by molar-refractivity contribution is -0.111. The van der Waals surface area contributed by atoms with E-state index in [4.69, 9.17) is 15.6 Å². The van der Waals surface area contributed by atoms with Crippen molar-refractivity contribution >= 4 is 29.9 Å². The summed E-state index contributed by atoms with van der Waals surface area (Å²) in [6, 6.07) is 0. The summed E-state index contributed by atoms with van der Waals surface area (Å²) in [5.41, 5.74) is 5.55. The van der Waals surface area contributed by atoms with E-state index in [0.717, 1.165) is 0 Å². The van der Waals surface area contributed by atoms with Gasteiger partial charge < -0.3 is 15.6 Å². The second-order valence-corrected chi connectivity index (χ2v) is 4.71. The first-order valence-electron chi connectivity index (χ1n) is 5.70. The van der Waals surface area contributed by atoms with Gasteiger partial charge in [0, 0.05) is 6.20 Å². The van der Waals surface area contributed by atoms with E-state index >= 15 is 0 Å². The quantitative estimate of drug-likeness (QED) is 0.427. The lowest BCUT2D eigenvalue weighted by atomic mass is 10.4. The van der Waals surface area contributed by atoms with Crippen LogP contribution >= 0.6 is 11.8 Å². The van der Waals surface area contributed by atoms with E-state index in [9.17, 15) is 4.79 Å². The number of rotatable bonds is 7. The number of thioether (sulfide) groups is 1. The molecule has 3 N–H and O–H groups in total. The van der Waals surface area contributed by atoms with Gasteiger partial charge in [0.05, 0.1) is 17.6 Å². The number of hydrogen-bond donors (Lipinski definition) is 2. The number of carbonyl (C=O) groups excluding carboxylic acids is 1. The predicted octanol–water partition coefficient (Wildman–Crippen LogP) is 0.487. The van der Waals surface area contributed by atoms with E-state index in [1.165, 1.54) is 16.7 Å². The van der Waals surface area contributed by atoms with Gasteiger partial charge in [-0.3, -0.25) is 9.69 Å². The van der Waals surface area contributed by atoms with Crippen LogP contribution < -0.4 is 10.6 Å². The molecule has 106 valence electrons. The van der Waals surface area contributed by atoms with E-state index < -0.39 is 6.23 Å². The molecule has 1 aromatic rings. The summed E-state index contributed by atoms with van der Waals surface area (Å²) < 4.78 is 5.48. The SMILES string of the molecule is CSc1cnc(N)nc1N(C=O)C(C)OC(C)CO. The highest BCUT2D eigenvalue weighted by Gasteiger charge is 2.21. The van der Waals surface area contributed by atoms with E-state index in [1.807, 2.05) is 6.26 Å². The number of ether oxygens (including phenoxy) is 1. The molecule has 2 unspecified atom stereocenters. The lowest BCUT2D eigenvalue weighted by Crippen LogP contribution is -2.38. The van der Waals surface area contributed by atoms with Crippen molar-refractivity contribution in [3.8, 4) is 0 Å². The van der Waals surface area contributed by atoms with Gasteiger partial charge in [-0.25, -0.2) is 4.98 Å². The molecule has 0 radical (unpaired) electrons. The van der Waals surface area contributed by atoms with Crippen molar-refractivity contribution in [2.75, 3.05) is 23.5 Å². The molecule has 1 rings (SSSR count). The molecule has 0 fully saturated rings. The van der Waals surface area contributed by atoms with Crippen LogP contribution in [-0.4, -0.2) is 46.7 Å². The maximum atomic E-state index is 11.3. The number of nitrogens with zero attached hydrogens (tertiary/aromatic N) is 3. The van der Waals surface area contributed by atoms with Gasteiger partial charge in [0.15, 0.2) is 5.82 Å². The van der Waals surface area contributed by atoms with Crippen molar-refractivity contribution in [2.24, 2.45) is 0 Å². The van der Waals surface area contributed by atoms with Crippen LogP contribution in [0.1, 0.15) is 13.8 Å². The minimum absolute atomic E-state index is 0.0852. The molecule has 0 aliphatic carbocycles. The van der Waals surface area contributed by atoms with Gasteiger partial charge in [-0.05, 0) is 20.1 Å². The Bertz CT molecular complexity index is 432. The molecule has 1 aromatic heterocycles. The number of anilines is 2. The van der Waals surface area contributed by atoms with E-state index in [-0.39, 0.29) is 18.7 Å². The standard InChI is InChI=1S/C11H18N4O3S/c1-7(5-16)18-8(2)15(6-17)10-9(19-3)4-13-11(12)14-10/h4,6-8,16H,5H2,1-3H3,(H2,12,13,14). The number of carbonyl (C=O) groups is 1. The second-order valence-electron chi connectivity index (χ2n) is 3.86. The third kappa shape index (κ3) is 4.05. The molecule has 0 aromatic carbocycles. The van der Waals surface area contributed by atoms with Gasteiger partial charge in [-0.15, -0.1) is 11.8 Å². The van der Waals surface area contributed by atoms with Gasteiger partial charge in [-0.2, -0.15) is 4.98 Å². The van der Waals surface area contributed by atoms with Crippen LogP contribution in [0, 0.1) is 0 Å². The highest BCUT2D eigenvalue weighted by molar-refractivity contribution is 7.98. The fourth-order valence-corrected chi connectivity index (χ4v) is 1.95. The van der Waals surface area contributed by atoms with Crippen LogP contribution in [0.3, 0.4) is 0 Å². The van der Waals surface area contributed by atoms with Crippen LogP contribution in [0.25, 0.3) is 0 Å². The van der Waals surface area contributed by atoms with Crippen LogP contribution in [0.4, 0.5) is 11.8 Å². The molecule has 0 saturated carbocycles. The topological polar surface area (TPSA) is 102 Å². The van der Waals surface area contributed by atoms with Gasteiger partial charge >= 0.3 is 0 Å². The number of nitrogens with two attached hydrogens (primary N) is 1. The summed E-state index contributed by atoms with van der Waals surface area (Å²) in [6.45, 7) is 3.28. The molecule has 0 spiro atoms. The zero-order valence-corrected chi connectivity index (χ0v) is 11.9. The second kappa shape index (κ2) is 7.27. The molecule has 0 bridgehead atoms. The van der Waals surface area contributed by atoms with Gasteiger partial charge in [-0.1, -0.05) is 0 Å². The molecule has 19 heavy (non-hydrogen) atoms. The molecule has 0 aliphatic rings. The molecule has 2 atom stereocenters. The maximum absolute atomic E-state index is 11.3. The monoisotopic (exact) mass is 286 g/mol. The first-order chi connectivity index (χ1) is 9.03. The average molecular weight is 286 g/mol. The average Bonchev–Trinajstić information content (AvgIpc) is 2.39. The highest BCUT2D eigenvalue weighted by Crippen LogP contribution is 2.27. The Hall–Kier alpha value is -1.38. The van der Waals surface area contributed by atoms with E-state index in [0.29, 0.717) is 17.1 Å². The Morgan fingerprint density at radius 2 is 2.32 bits per heavy atom. The number of aromatic nitrogens is 2. The minimum atomic E-state index is -0.570. The zero-order valence-electron chi connectivity index (χ0n) is 11.1. The maximum Gasteiger partial charge on any atom is 0.222 e. The Morgan fingerprint density at radius 1 is 1.63 bits per heavy atom. The minimum Gasteiger partial charge on any atom is -0.394 e. The largest absolute Gasteiger partial charge is 0.394 e. The fraction of sp³-hybridized carbons (Fsp3) is 0.545. The number of aliphatic hydroxyl groups is 1. The zero-order chi connectivity index (χ0) is 14.4. The van der Waals surface area contributed by atoms with E-state index in [1.54, 1.807) is 20.0 Å². The fourth-order valence-electron chi connectivity index (χ4n) is 1.46.